The van der Waals surface area contributed by atoms with Crippen LogP contribution in [0.1, 0.15) is 31.4 Å². The Morgan fingerprint density at radius 1 is 1.30 bits per heavy atom. The van der Waals surface area contributed by atoms with Crippen molar-refractivity contribution in [3.63, 3.8) is 0 Å². The van der Waals surface area contributed by atoms with E-state index < -0.39 is 23.9 Å². The van der Waals surface area contributed by atoms with Crippen molar-refractivity contribution in [1.29, 1.82) is 0 Å². The second kappa shape index (κ2) is 5.81. The number of aryl methyl sites for hydroxylation is 1. The number of carbonyl (C=O) groups is 1. The third kappa shape index (κ3) is 3.49. The SMILES string of the molecule is Cc1cccc(NC(=O)[C@@H]2CCCC[C@H]2C(F)(F)F)n1. The normalized spacial score (nSPS) is 23.4. The zero-order chi connectivity index (χ0) is 14.8. The Bertz CT molecular complexity index is 488. The molecule has 20 heavy (non-hydrogen) atoms. The molecule has 1 amide bonds. The molecular formula is C14H17F3N2O. The summed E-state index contributed by atoms with van der Waals surface area (Å²) in [6.45, 7) is 1.76. The van der Waals surface area contributed by atoms with Crippen molar-refractivity contribution in [2.24, 2.45) is 11.8 Å². The Hall–Kier alpha value is -1.59. The second-order valence-corrected chi connectivity index (χ2v) is 5.19. The number of hydrogen-bond acceptors (Lipinski definition) is 2. The summed E-state index contributed by atoms with van der Waals surface area (Å²) >= 11 is 0. The van der Waals surface area contributed by atoms with Gasteiger partial charge < -0.3 is 5.32 Å². The molecule has 0 radical (unpaired) electrons. The number of hydrogen-bond donors (Lipinski definition) is 1. The van der Waals surface area contributed by atoms with E-state index in [4.69, 9.17) is 0 Å². The van der Waals surface area contributed by atoms with E-state index in [-0.39, 0.29) is 12.8 Å². The van der Waals surface area contributed by atoms with Crippen molar-refractivity contribution in [3.8, 4) is 0 Å². The van der Waals surface area contributed by atoms with Crippen LogP contribution in [0.25, 0.3) is 0 Å². The first kappa shape index (κ1) is 14.8. The summed E-state index contributed by atoms with van der Waals surface area (Å²) in [7, 11) is 0. The molecular weight excluding hydrogens is 269 g/mol. The molecule has 0 unspecified atom stereocenters. The first-order valence-corrected chi connectivity index (χ1v) is 6.69. The molecule has 0 bridgehead atoms. The maximum absolute atomic E-state index is 13.0. The number of aromatic nitrogens is 1. The monoisotopic (exact) mass is 286 g/mol. The molecule has 0 spiro atoms. The highest BCUT2D eigenvalue weighted by molar-refractivity contribution is 5.92. The third-order valence-electron chi connectivity index (χ3n) is 3.66. The molecule has 1 aromatic rings. The molecule has 1 saturated carbocycles. The molecule has 0 aliphatic heterocycles. The molecule has 0 saturated heterocycles. The summed E-state index contributed by atoms with van der Waals surface area (Å²) in [5.41, 5.74) is 0.707. The van der Waals surface area contributed by atoms with E-state index >= 15 is 0 Å². The molecule has 1 N–H and O–H groups in total. The van der Waals surface area contributed by atoms with Crippen LogP contribution in [0.3, 0.4) is 0 Å². The minimum atomic E-state index is -4.32. The molecule has 1 heterocycles. The molecule has 2 atom stereocenters. The van der Waals surface area contributed by atoms with Gasteiger partial charge in [-0.05, 0) is 31.9 Å². The molecule has 2 rings (SSSR count). The average molecular weight is 286 g/mol. The number of pyridine rings is 1. The fourth-order valence-corrected chi connectivity index (χ4v) is 2.67. The number of rotatable bonds is 2. The van der Waals surface area contributed by atoms with Crippen LogP contribution in [-0.4, -0.2) is 17.1 Å². The first-order valence-electron chi connectivity index (χ1n) is 6.69. The third-order valence-corrected chi connectivity index (χ3v) is 3.66. The van der Waals surface area contributed by atoms with Crippen LogP contribution < -0.4 is 5.32 Å². The van der Waals surface area contributed by atoms with Crippen molar-refractivity contribution >= 4 is 11.7 Å². The number of anilines is 1. The maximum atomic E-state index is 13.0. The number of nitrogens with one attached hydrogen (secondary N) is 1. The Balaban J connectivity index is 2.10. The van der Waals surface area contributed by atoms with Gasteiger partial charge in [-0.1, -0.05) is 18.9 Å². The zero-order valence-electron chi connectivity index (χ0n) is 11.2. The van der Waals surface area contributed by atoms with E-state index in [9.17, 15) is 18.0 Å². The molecule has 1 aromatic heterocycles. The smallest absolute Gasteiger partial charge is 0.310 e. The van der Waals surface area contributed by atoms with Crippen LogP contribution >= 0.6 is 0 Å². The van der Waals surface area contributed by atoms with E-state index in [1.54, 1.807) is 25.1 Å². The number of amides is 1. The fraction of sp³-hybridized carbons (Fsp3) is 0.571. The highest BCUT2D eigenvalue weighted by Gasteiger charge is 2.48. The summed E-state index contributed by atoms with van der Waals surface area (Å²) in [4.78, 5) is 16.2. The van der Waals surface area contributed by atoms with Gasteiger partial charge in [-0.3, -0.25) is 4.79 Å². The second-order valence-electron chi connectivity index (χ2n) is 5.19. The largest absolute Gasteiger partial charge is 0.392 e. The fourth-order valence-electron chi connectivity index (χ4n) is 2.67. The molecule has 6 heteroatoms. The van der Waals surface area contributed by atoms with Crippen molar-refractivity contribution in [2.45, 2.75) is 38.8 Å². The Kier molecular flexibility index (Phi) is 4.30. The Morgan fingerprint density at radius 3 is 2.65 bits per heavy atom. The van der Waals surface area contributed by atoms with Crippen LogP contribution in [0.5, 0.6) is 0 Å². The predicted molar refractivity (Wildman–Crippen MR) is 69.1 cm³/mol. The van der Waals surface area contributed by atoms with Crippen molar-refractivity contribution in [3.05, 3.63) is 23.9 Å². The molecule has 0 aromatic carbocycles. The number of alkyl halides is 3. The van der Waals surface area contributed by atoms with E-state index in [0.29, 0.717) is 24.4 Å². The summed E-state index contributed by atoms with van der Waals surface area (Å²) in [5, 5.41) is 2.50. The number of halogens is 3. The molecule has 1 aliphatic rings. The maximum Gasteiger partial charge on any atom is 0.392 e. The van der Waals surface area contributed by atoms with Gasteiger partial charge in [0, 0.05) is 11.6 Å². The Labute approximate surface area is 115 Å². The van der Waals surface area contributed by atoms with Gasteiger partial charge in [0.2, 0.25) is 5.91 Å². The van der Waals surface area contributed by atoms with Gasteiger partial charge in [0.15, 0.2) is 0 Å². The van der Waals surface area contributed by atoms with Crippen LogP contribution in [0.4, 0.5) is 19.0 Å². The lowest BCUT2D eigenvalue weighted by Crippen LogP contribution is -2.39. The van der Waals surface area contributed by atoms with Gasteiger partial charge in [0.05, 0.1) is 5.92 Å². The molecule has 1 fully saturated rings. The average Bonchev–Trinajstić information content (AvgIpc) is 2.37. The van der Waals surface area contributed by atoms with Crippen molar-refractivity contribution < 1.29 is 18.0 Å². The zero-order valence-corrected chi connectivity index (χ0v) is 11.2. The van der Waals surface area contributed by atoms with E-state index in [1.165, 1.54) is 0 Å². The summed E-state index contributed by atoms with van der Waals surface area (Å²) < 4.78 is 38.9. The first-order chi connectivity index (χ1) is 9.38. The summed E-state index contributed by atoms with van der Waals surface area (Å²) in [6.07, 6.45) is -2.82. The van der Waals surface area contributed by atoms with Gasteiger partial charge in [-0.15, -0.1) is 0 Å². The van der Waals surface area contributed by atoms with Crippen LogP contribution in [0, 0.1) is 18.8 Å². The van der Waals surface area contributed by atoms with Crippen LogP contribution in [0.2, 0.25) is 0 Å². The summed E-state index contributed by atoms with van der Waals surface area (Å²) in [5.74, 6) is -2.82. The van der Waals surface area contributed by atoms with E-state index in [1.807, 2.05) is 0 Å². The number of carbonyl (C=O) groups excluding carboxylic acids is 1. The molecule has 1 aliphatic carbocycles. The van der Waals surface area contributed by atoms with Gasteiger partial charge in [-0.2, -0.15) is 13.2 Å². The lowest BCUT2D eigenvalue weighted by molar-refractivity contribution is -0.197. The molecule has 110 valence electrons. The van der Waals surface area contributed by atoms with Crippen LogP contribution in [0.15, 0.2) is 18.2 Å². The molecule has 3 nitrogen and oxygen atoms in total. The van der Waals surface area contributed by atoms with Gasteiger partial charge in [-0.25, -0.2) is 4.98 Å². The standard InChI is InChI=1S/C14H17F3N2O/c1-9-5-4-8-12(18-9)19-13(20)10-6-2-3-7-11(10)14(15,16)17/h4-5,8,10-11H,2-3,6-7H2,1H3,(H,18,19,20)/t10-,11-/m1/s1. The van der Waals surface area contributed by atoms with E-state index in [0.717, 1.165) is 0 Å². The minimum absolute atomic E-state index is 0.0306. The Morgan fingerprint density at radius 2 is 2.00 bits per heavy atom. The lowest BCUT2D eigenvalue weighted by atomic mass is 9.78. The van der Waals surface area contributed by atoms with Crippen molar-refractivity contribution in [2.75, 3.05) is 5.32 Å². The van der Waals surface area contributed by atoms with Gasteiger partial charge in [0.1, 0.15) is 5.82 Å². The van der Waals surface area contributed by atoms with Crippen LogP contribution in [-0.2, 0) is 4.79 Å². The number of nitrogens with zero attached hydrogens (tertiary/aromatic N) is 1. The van der Waals surface area contributed by atoms with Gasteiger partial charge >= 0.3 is 6.18 Å². The van der Waals surface area contributed by atoms with E-state index in [2.05, 4.69) is 10.3 Å². The van der Waals surface area contributed by atoms with Crippen molar-refractivity contribution in [1.82, 2.24) is 4.98 Å². The predicted octanol–water partition coefficient (Wildman–Crippen LogP) is 3.70. The highest BCUT2D eigenvalue weighted by Crippen LogP contribution is 2.41. The topological polar surface area (TPSA) is 42.0 Å². The lowest BCUT2D eigenvalue weighted by Gasteiger charge is -2.31. The minimum Gasteiger partial charge on any atom is -0.310 e. The van der Waals surface area contributed by atoms with Gasteiger partial charge in [0.25, 0.3) is 0 Å². The quantitative estimate of drug-likeness (QED) is 0.900. The summed E-state index contributed by atoms with van der Waals surface area (Å²) in [6, 6.07) is 5.05. The highest BCUT2D eigenvalue weighted by atomic mass is 19.4.